The number of para-hydroxylation sites is 1. The fourth-order valence-corrected chi connectivity index (χ4v) is 2.32. The quantitative estimate of drug-likeness (QED) is 0.765. The molecule has 0 aromatic heterocycles. The van der Waals surface area contributed by atoms with Crippen LogP contribution in [-0.4, -0.2) is 32.9 Å². The van der Waals surface area contributed by atoms with Crippen molar-refractivity contribution in [2.24, 2.45) is 11.8 Å². The lowest BCUT2D eigenvalue weighted by Crippen LogP contribution is -2.31. The van der Waals surface area contributed by atoms with Crippen LogP contribution in [0, 0.1) is 18.8 Å². The van der Waals surface area contributed by atoms with Crippen LogP contribution in [0.3, 0.4) is 0 Å². The van der Waals surface area contributed by atoms with Gasteiger partial charge in [-0.15, -0.1) is 0 Å². The Kier molecular flexibility index (Phi) is 4.80. The average Bonchev–Trinajstić information content (AvgIpc) is 2.94. The molecule has 4 nitrogen and oxygen atoms in total. The second-order valence-corrected chi connectivity index (χ2v) is 4.83. The molecule has 2 atom stereocenters. The van der Waals surface area contributed by atoms with E-state index in [0.717, 1.165) is 17.7 Å². The largest absolute Gasteiger partial charge is 0.492 e. The van der Waals surface area contributed by atoms with Crippen LogP contribution < -0.4 is 4.74 Å². The Balaban J connectivity index is 2.00. The van der Waals surface area contributed by atoms with E-state index in [1.807, 2.05) is 31.2 Å². The summed E-state index contributed by atoms with van der Waals surface area (Å²) in [5.74, 6) is 0.531. The van der Waals surface area contributed by atoms with Crippen LogP contribution in [0.1, 0.15) is 12.0 Å². The molecule has 0 radical (unpaired) electrons. The number of esters is 1. The molecule has 4 heteroatoms. The molecule has 0 N–H and O–H groups in total. The van der Waals surface area contributed by atoms with Gasteiger partial charge in [0.15, 0.2) is 0 Å². The number of carbonyl (C=O) groups excluding carboxylic acids is 1. The van der Waals surface area contributed by atoms with Crippen molar-refractivity contribution in [2.75, 3.05) is 26.9 Å². The number of benzene rings is 1. The molecule has 2 rings (SSSR count). The van der Waals surface area contributed by atoms with Crippen LogP contribution in [-0.2, 0) is 14.3 Å². The number of aryl methyl sites for hydroxylation is 1. The summed E-state index contributed by atoms with van der Waals surface area (Å²) in [7, 11) is 1.42. The minimum Gasteiger partial charge on any atom is -0.492 e. The Labute approximate surface area is 113 Å². The molecule has 1 fully saturated rings. The molecular weight excluding hydrogens is 244 g/mol. The van der Waals surface area contributed by atoms with Crippen LogP contribution in [0.25, 0.3) is 0 Å². The third-order valence-electron chi connectivity index (χ3n) is 3.55. The first kappa shape index (κ1) is 13.9. The van der Waals surface area contributed by atoms with Gasteiger partial charge in [-0.1, -0.05) is 18.2 Å². The Morgan fingerprint density at radius 2 is 2.26 bits per heavy atom. The molecule has 1 saturated heterocycles. The summed E-state index contributed by atoms with van der Waals surface area (Å²) >= 11 is 0. The van der Waals surface area contributed by atoms with Crippen LogP contribution >= 0.6 is 0 Å². The maximum atomic E-state index is 11.8. The highest BCUT2D eigenvalue weighted by Crippen LogP contribution is 2.25. The molecule has 0 bridgehead atoms. The molecule has 104 valence electrons. The first-order chi connectivity index (χ1) is 9.22. The summed E-state index contributed by atoms with van der Waals surface area (Å²) in [6.45, 7) is 3.64. The molecule has 2 unspecified atom stereocenters. The van der Waals surface area contributed by atoms with E-state index in [-0.39, 0.29) is 17.8 Å². The molecule has 0 aliphatic carbocycles. The Hall–Kier alpha value is -1.55. The highest BCUT2D eigenvalue weighted by atomic mass is 16.5. The third-order valence-corrected chi connectivity index (χ3v) is 3.55. The normalized spacial score (nSPS) is 20.0. The molecule has 1 aromatic carbocycles. The van der Waals surface area contributed by atoms with E-state index in [0.29, 0.717) is 19.8 Å². The Morgan fingerprint density at radius 3 is 2.89 bits per heavy atom. The van der Waals surface area contributed by atoms with E-state index in [2.05, 4.69) is 0 Å². The molecule has 1 aromatic rings. The smallest absolute Gasteiger partial charge is 0.312 e. The lowest BCUT2D eigenvalue weighted by Gasteiger charge is -2.20. The van der Waals surface area contributed by atoms with Gasteiger partial charge in [0.1, 0.15) is 12.4 Å². The van der Waals surface area contributed by atoms with Gasteiger partial charge in [-0.05, 0) is 25.0 Å². The highest BCUT2D eigenvalue weighted by molar-refractivity contribution is 5.72. The summed E-state index contributed by atoms with van der Waals surface area (Å²) in [6.07, 6.45) is 0.886. The molecule has 19 heavy (non-hydrogen) atoms. The summed E-state index contributed by atoms with van der Waals surface area (Å²) < 4.78 is 16.0. The molecule has 1 aliphatic rings. The number of ether oxygens (including phenoxy) is 3. The fourth-order valence-electron chi connectivity index (χ4n) is 2.32. The van der Waals surface area contributed by atoms with Crippen molar-refractivity contribution in [3.8, 4) is 5.75 Å². The van der Waals surface area contributed by atoms with Crippen molar-refractivity contribution in [2.45, 2.75) is 13.3 Å². The number of hydrogen-bond donors (Lipinski definition) is 0. The molecular formula is C15H20O4. The SMILES string of the molecule is COC(=O)C(COc1ccccc1C)C1CCOC1. The number of methoxy groups -OCH3 is 1. The predicted octanol–water partition coefficient (Wildman–Crippen LogP) is 2.20. The van der Waals surface area contributed by atoms with Crippen LogP contribution in [0.15, 0.2) is 24.3 Å². The number of carbonyl (C=O) groups is 1. The predicted molar refractivity (Wildman–Crippen MR) is 71.1 cm³/mol. The van der Waals surface area contributed by atoms with Gasteiger partial charge in [0.25, 0.3) is 0 Å². The first-order valence-corrected chi connectivity index (χ1v) is 6.56. The van der Waals surface area contributed by atoms with E-state index < -0.39 is 0 Å². The maximum absolute atomic E-state index is 11.8. The van der Waals surface area contributed by atoms with E-state index in [1.54, 1.807) is 0 Å². The van der Waals surface area contributed by atoms with E-state index >= 15 is 0 Å². The Bertz CT molecular complexity index is 424. The Morgan fingerprint density at radius 1 is 1.47 bits per heavy atom. The van der Waals surface area contributed by atoms with E-state index in [9.17, 15) is 4.79 Å². The molecule has 1 aliphatic heterocycles. The molecule has 1 heterocycles. The summed E-state index contributed by atoms with van der Waals surface area (Å²) in [4.78, 5) is 11.8. The van der Waals surface area contributed by atoms with Crippen molar-refractivity contribution in [1.82, 2.24) is 0 Å². The zero-order valence-corrected chi connectivity index (χ0v) is 11.4. The topological polar surface area (TPSA) is 44.8 Å². The minimum atomic E-state index is -0.257. The molecule has 0 spiro atoms. The third kappa shape index (κ3) is 3.47. The lowest BCUT2D eigenvalue weighted by molar-refractivity contribution is -0.148. The van der Waals surface area contributed by atoms with Crippen LogP contribution in [0.5, 0.6) is 5.75 Å². The average molecular weight is 264 g/mol. The monoisotopic (exact) mass is 264 g/mol. The molecule has 0 saturated carbocycles. The standard InChI is InChI=1S/C15H20O4/c1-11-5-3-4-6-14(11)19-10-13(15(16)17-2)12-7-8-18-9-12/h3-6,12-13H,7-10H2,1-2H3. The van der Waals surface area contributed by atoms with Crippen molar-refractivity contribution >= 4 is 5.97 Å². The van der Waals surface area contributed by atoms with Gasteiger partial charge in [0, 0.05) is 12.5 Å². The summed E-state index contributed by atoms with van der Waals surface area (Å²) in [5, 5.41) is 0. The number of hydrogen-bond acceptors (Lipinski definition) is 4. The fraction of sp³-hybridized carbons (Fsp3) is 0.533. The van der Waals surface area contributed by atoms with Crippen molar-refractivity contribution in [3.63, 3.8) is 0 Å². The summed E-state index contributed by atoms with van der Waals surface area (Å²) in [5.41, 5.74) is 1.06. The molecule has 0 amide bonds. The van der Waals surface area contributed by atoms with Gasteiger partial charge in [0.05, 0.1) is 19.6 Å². The van der Waals surface area contributed by atoms with Gasteiger partial charge in [-0.2, -0.15) is 0 Å². The van der Waals surface area contributed by atoms with Gasteiger partial charge in [-0.3, -0.25) is 4.79 Å². The van der Waals surface area contributed by atoms with Gasteiger partial charge < -0.3 is 14.2 Å². The second kappa shape index (κ2) is 6.57. The first-order valence-electron chi connectivity index (χ1n) is 6.56. The van der Waals surface area contributed by atoms with Gasteiger partial charge >= 0.3 is 5.97 Å². The van der Waals surface area contributed by atoms with Crippen molar-refractivity contribution < 1.29 is 19.0 Å². The van der Waals surface area contributed by atoms with Crippen LogP contribution in [0.4, 0.5) is 0 Å². The lowest BCUT2D eigenvalue weighted by atomic mass is 9.92. The second-order valence-electron chi connectivity index (χ2n) is 4.83. The van der Waals surface area contributed by atoms with Crippen LogP contribution in [0.2, 0.25) is 0 Å². The van der Waals surface area contributed by atoms with Gasteiger partial charge in [-0.25, -0.2) is 0 Å². The minimum absolute atomic E-state index is 0.191. The number of rotatable bonds is 5. The highest BCUT2D eigenvalue weighted by Gasteiger charge is 2.32. The van der Waals surface area contributed by atoms with Crippen molar-refractivity contribution in [3.05, 3.63) is 29.8 Å². The van der Waals surface area contributed by atoms with Crippen molar-refractivity contribution in [1.29, 1.82) is 0 Å². The van der Waals surface area contributed by atoms with E-state index in [1.165, 1.54) is 7.11 Å². The summed E-state index contributed by atoms with van der Waals surface area (Å²) in [6, 6.07) is 7.79. The zero-order chi connectivity index (χ0) is 13.7. The van der Waals surface area contributed by atoms with E-state index in [4.69, 9.17) is 14.2 Å². The zero-order valence-electron chi connectivity index (χ0n) is 11.4. The maximum Gasteiger partial charge on any atom is 0.312 e. The van der Waals surface area contributed by atoms with Gasteiger partial charge in [0.2, 0.25) is 0 Å².